The quantitative estimate of drug-likeness (QED) is 0.706. The molecule has 134 valence electrons. The van der Waals surface area contributed by atoms with Crippen molar-refractivity contribution in [3.05, 3.63) is 66.5 Å². The van der Waals surface area contributed by atoms with E-state index in [1.807, 2.05) is 24.3 Å². The van der Waals surface area contributed by atoms with Gasteiger partial charge in [-0.2, -0.15) is 5.10 Å². The Morgan fingerprint density at radius 3 is 2.23 bits per heavy atom. The first kappa shape index (κ1) is 16.9. The molecule has 1 saturated heterocycles. The van der Waals surface area contributed by atoms with E-state index in [2.05, 4.69) is 10.00 Å². The highest BCUT2D eigenvalue weighted by atomic mass is 32.2. The third-order valence-corrected chi connectivity index (χ3v) is 5.77. The lowest BCUT2D eigenvalue weighted by Crippen LogP contribution is -2.37. The molecule has 0 saturated carbocycles. The van der Waals surface area contributed by atoms with Crippen LogP contribution in [0.1, 0.15) is 0 Å². The van der Waals surface area contributed by atoms with Crippen LogP contribution in [0.2, 0.25) is 0 Å². The molecule has 0 atom stereocenters. The maximum atomic E-state index is 13.9. The lowest BCUT2D eigenvalue weighted by atomic mass is 10.1. The molecule has 1 aliphatic rings. The Labute approximate surface area is 152 Å². The summed E-state index contributed by atoms with van der Waals surface area (Å²) in [6.07, 6.45) is 3.20. The first-order valence-corrected chi connectivity index (χ1v) is 9.80. The molecule has 0 radical (unpaired) electrons. The van der Waals surface area contributed by atoms with Crippen LogP contribution in [-0.2, 0) is 10.8 Å². The largest absolute Gasteiger partial charge is 0.370 e. The summed E-state index contributed by atoms with van der Waals surface area (Å²) in [6.45, 7) is 1.58. The average molecular weight is 373 g/mol. The van der Waals surface area contributed by atoms with Crippen molar-refractivity contribution in [1.82, 2.24) is 9.78 Å². The standard InChI is InChI=1S/C19H17F2N3OS/c20-17-2-1-3-18(21)19(17)24-13-15(12-22-24)14-4-6-16(7-5-14)23-8-10-26(25)11-9-23/h1-7,12-13H,8-11H2. The molecular formula is C19H17F2N3OS. The zero-order valence-corrected chi connectivity index (χ0v) is 14.8. The Hall–Kier alpha value is -2.54. The molecule has 0 amide bonds. The minimum absolute atomic E-state index is 0.184. The van der Waals surface area contributed by atoms with Crippen LogP contribution in [0, 0.1) is 11.6 Å². The van der Waals surface area contributed by atoms with E-state index < -0.39 is 22.4 Å². The van der Waals surface area contributed by atoms with Crippen molar-refractivity contribution < 1.29 is 13.0 Å². The normalized spacial score (nSPS) is 15.4. The minimum Gasteiger partial charge on any atom is -0.370 e. The van der Waals surface area contributed by atoms with E-state index in [1.165, 1.54) is 22.9 Å². The van der Waals surface area contributed by atoms with Crippen LogP contribution in [0.25, 0.3) is 16.8 Å². The van der Waals surface area contributed by atoms with Gasteiger partial charge in [-0.15, -0.1) is 0 Å². The van der Waals surface area contributed by atoms with Crippen LogP contribution in [0.4, 0.5) is 14.5 Å². The van der Waals surface area contributed by atoms with Crippen molar-refractivity contribution in [1.29, 1.82) is 0 Å². The van der Waals surface area contributed by atoms with Crippen LogP contribution >= 0.6 is 0 Å². The molecule has 0 N–H and O–H groups in total. The van der Waals surface area contributed by atoms with Crippen LogP contribution in [0.5, 0.6) is 0 Å². The van der Waals surface area contributed by atoms with Gasteiger partial charge in [-0.3, -0.25) is 4.21 Å². The van der Waals surface area contributed by atoms with E-state index >= 15 is 0 Å². The second-order valence-electron chi connectivity index (χ2n) is 6.13. The summed E-state index contributed by atoms with van der Waals surface area (Å²) in [5.74, 6) is 0.0841. The van der Waals surface area contributed by atoms with E-state index in [1.54, 1.807) is 12.4 Å². The molecule has 2 aromatic carbocycles. The van der Waals surface area contributed by atoms with Crippen molar-refractivity contribution in [2.24, 2.45) is 0 Å². The number of anilines is 1. The third-order valence-electron chi connectivity index (χ3n) is 4.49. The monoisotopic (exact) mass is 373 g/mol. The number of rotatable bonds is 3. The van der Waals surface area contributed by atoms with Crippen LogP contribution in [0.15, 0.2) is 54.9 Å². The Balaban J connectivity index is 1.57. The molecule has 0 bridgehead atoms. The molecule has 4 rings (SSSR count). The summed E-state index contributed by atoms with van der Waals surface area (Å²) in [7, 11) is -0.702. The van der Waals surface area contributed by atoms with E-state index in [9.17, 15) is 13.0 Å². The summed E-state index contributed by atoms with van der Waals surface area (Å²) in [5, 5.41) is 4.10. The fraction of sp³-hybridized carbons (Fsp3) is 0.211. The summed E-state index contributed by atoms with van der Waals surface area (Å²) in [4.78, 5) is 2.21. The highest BCUT2D eigenvalue weighted by molar-refractivity contribution is 7.85. The number of benzene rings is 2. The van der Waals surface area contributed by atoms with Crippen molar-refractivity contribution >= 4 is 16.5 Å². The SMILES string of the molecule is O=S1CCN(c2ccc(-c3cnn(-c4c(F)cccc4F)c3)cc2)CC1. The van der Waals surface area contributed by atoms with Crippen molar-refractivity contribution in [2.75, 3.05) is 29.5 Å². The lowest BCUT2D eigenvalue weighted by molar-refractivity contribution is 0.560. The number of hydrogen-bond acceptors (Lipinski definition) is 3. The number of aromatic nitrogens is 2. The molecule has 3 aromatic rings. The molecule has 2 heterocycles. The van der Waals surface area contributed by atoms with Gasteiger partial charge in [0.15, 0.2) is 11.6 Å². The predicted octanol–water partition coefficient (Wildman–Crippen LogP) is 3.39. The molecule has 1 aliphatic heterocycles. The molecule has 1 aromatic heterocycles. The Bertz CT molecular complexity index is 925. The fourth-order valence-corrected chi connectivity index (χ4v) is 4.12. The molecule has 0 aliphatic carbocycles. The molecule has 7 heteroatoms. The highest BCUT2D eigenvalue weighted by Crippen LogP contribution is 2.25. The maximum absolute atomic E-state index is 13.9. The van der Waals surface area contributed by atoms with Gasteiger partial charge < -0.3 is 4.90 Å². The zero-order valence-electron chi connectivity index (χ0n) is 13.9. The van der Waals surface area contributed by atoms with Crippen molar-refractivity contribution in [3.8, 4) is 16.8 Å². The topological polar surface area (TPSA) is 38.1 Å². The predicted molar refractivity (Wildman–Crippen MR) is 99.0 cm³/mol. The summed E-state index contributed by atoms with van der Waals surface area (Å²) >= 11 is 0. The van der Waals surface area contributed by atoms with Gasteiger partial charge in [0.1, 0.15) is 5.69 Å². The minimum atomic E-state index is -0.702. The smallest absolute Gasteiger partial charge is 0.151 e. The van der Waals surface area contributed by atoms with E-state index in [-0.39, 0.29) is 5.69 Å². The molecule has 26 heavy (non-hydrogen) atoms. The Morgan fingerprint density at radius 2 is 1.58 bits per heavy atom. The second-order valence-corrected chi connectivity index (χ2v) is 7.82. The highest BCUT2D eigenvalue weighted by Gasteiger charge is 2.16. The lowest BCUT2D eigenvalue weighted by Gasteiger charge is -2.28. The molecule has 1 fully saturated rings. The number of para-hydroxylation sites is 1. The summed E-state index contributed by atoms with van der Waals surface area (Å²) in [5.41, 5.74) is 2.59. The van der Waals surface area contributed by atoms with Gasteiger partial charge in [0, 0.05) is 52.8 Å². The van der Waals surface area contributed by atoms with Gasteiger partial charge in [-0.1, -0.05) is 18.2 Å². The third kappa shape index (κ3) is 3.26. The van der Waals surface area contributed by atoms with Gasteiger partial charge in [-0.25, -0.2) is 13.5 Å². The summed E-state index contributed by atoms with van der Waals surface area (Å²) < 4.78 is 40.5. The first-order valence-electron chi connectivity index (χ1n) is 8.31. The first-order chi connectivity index (χ1) is 12.6. The fourth-order valence-electron chi connectivity index (χ4n) is 3.06. The van der Waals surface area contributed by atoms with Gasteiger partial charge in [0.2, 0.25) is 0 Å². The van der Waals surface area contributed by atoms with Crippen molar-refractivity contribution in [2.45, 2.75) is 0 Å². The molecule has 0 spiro atoms. The zero-order chi connectivity index (χ0) is 18.1. The number of halogens is 2. The Kier molecular flexibility index (Phi) is 4.55. The average Bonchev–Trinajstić information content (AvgIpc) is 3.12. The van der Waals surface area contributed by atoms with Crippen LogP contribution in [0.3, 0.4) is 0 Å². The van der Waals surface area contributed by atoms with E-state index in [4.69, 9.17) is 0 Å². The van der Waals surface area contributed by atoms with Crippen molar-refractivity contribution in [3.63, 3.8) is 0 Å². The van der Waals surface area contributed by atoms with Gasteiger partial charge in [0.25, 0.3) is 0 Å². The summed E-state index contributed by atoms with van der Waals surface area (Å²) in [6, 6.07) is 11.7. The van der Waals surface area contributed by atoms with Gasteiger partial charge >= 0.3 is 0 Å². The second kappa shape index (κ2) is 6.99. The van der Waals surface area contributed by atoms with Crippen LogP contribution in [-0.4, -0.2) is 38.6 Å². The molecule has 0 unspecified atom stereocenters. The Morgan fingerprint density at radius 1 is 0.923 bits per heavy atom. The maximum Gasteiger partial charge on any atom is 0.151 e. The van der Waals surface area contributed by atoms with Gasteiger partial charge in [-0.05, 0) is 29.8 Å². The van der Waals surface area contributed by atoms with E-state index in [0.29, 0.717) is 11.5 Å². The molecule has 4 nitrogen and oxygen atoms in total. The van der Waals surface area contributed by atoms with Gasteiger partial charge in [0.05, 0.1) is 6.20 Å². The van der Waals surface area contributed by atoms with Crippen LogP contribution < -0.4 is 4.90 Å². The van der Waals surface area contributed by atoms with E-state index in [0.717, 1.165) is 29.9 Å². The number of hydrogen-bond donors (Lipinski definition) is 0. The number of nitrogens with zero attached hydrogens (tertiary/aromatic N) is 3. The molecular weight excluding hydrogens is 356 g/mol.